The number of amides is 2. The van der Waals surface area contributed by atoms with Gasteiger partial charge < -0.3 is 22.1 Å². The summed E-state index contributed by atoms with van der Waals surface area (Å²) in [6, 6.07) is 27.0. The molecule has 3 aromatic carbocycles. The zero-order valence-electron chi connectivity index (χ0n) is 21.5. The molecule has 3 rings (SSSR count). The number of aryl methyl sites for hydroxylation is 1. The normalized spacial score (nSPS) is 12.7. The summed E-state index contributed by atoms with van der Waals surface area (Å²) < 4.78 is 0. The molecule has 0 saturated carbocycles. The summed E-state index contributed by atoms with van der Waals surface area (Å²) in [4.78, 5) is 26.2. The molecule has 2 amide bonds. The Morgan fingerprint density at radius 3 is 1.84 bits per heavy atom. The van der Waals surface area contributed by atoms with Crippen molar-refractivity contribution in [2.75, 3.05) is 6.54 Å². The summed E-state index contributed by atoms with van der Waals surface area (Å²) >= 11 is 0. The van der Waals surface area contributed by atoms with Crippen LogP contribution in [0.2, 0.25) is 0 Å². The van der Waals surface area contributed by atoms with E-state index >= 15 is 0 Å². The summed E-state index contributed by atoms with van der Waals surface area (Å²) in [7, 11) is 0. The highest BCUT2D eigenvalue weighted by Gasteiger charge is 2.44. The Hall–Kier alpha value is -3.39. The predicted octanol–water partition coefficient (Wildman–Crippen LogP) is 3.76. The number of nitrogen functional groups attached to an aromatic ring is 1. The van der Waals surface area contributed by atoms with Crippen molar-refractivity contribution >= 4 is 42.5 Å². The molecule has 2 atom stereocenters. The van der Waals surface area contributed by atoms with E-state index in [9.17, 15) is 9.59 Å². The molecule has 7 nitrogen and oxygen atoms in total. The Bertz CT molecular complexity index is 1160. The number of nitrogens with one attached hydrogen (secondary N) is 3. The van der Waals surface area contributed by atoms with Gasteiger partial charge in [-0.25, -0.2) is 0 Å². The highest BCUT2D eigenvalue weighted by molar-refractivity contribution is 5.95. The van der Waals surface area contributed by atoms with Gasteiger partial charge >= 0.3 is 0 Å². The number of primary amides is 1. The number of nitrogens with two attached hydrogens (primary N) is 2. The zero-order chi connectivity index (χ0) is 26.0. The van der Waals surface area contributed by atoms with Crippen molar-refractivity contribution in [3.63, 3.8) is 0 Å². The quantitative estimate of drug-likeness (QED) is 0.161. The Morgan fingerprint density at radius 2 is 1.34 bits per heavy atom. The van der Waals surface area contributed by atoms with Gasteiger partial charge in [0.2, 0.25) is 11.8 Å². The van der Waals surface area contributed by atoms with Crippen molar-refractivity contribution in [1.82, 2.24) is 10.6 Å². The van der Waals surface area contributed by atoms with Crippen LogP contribution in [0.25, 0.3) is 0 Å². The minimum absolute atomic E-state index is 0. The van der Waals surface area contributed by atoms with Crippen LogP contribution in [-0.2, 0) is 29.0 Å². The summed E-state index contributed by atoms with van der Waals surface area (Å²) in [6.07, 6.45) is 1.70. The van der Waals surface area contributed by atoms with E-state index in [1.807, 2.05) is 72.8 Å². The summed E-state index contributed by atoms with van der Waals surface area (Å²) in [5.74, 6) is -1.51. The van der Waals surface area contributed by atoms with E-state index in [4.69, 9.17) is 16.9 Å². The van der Waals surface area contributed by atoms with Gasteiger partial charge in [-0.3, -0.25) is 15.0 Å². The fourth-order valence-corrected chi connectivity index (χ4v) is 4.31. The minimum atomic E-state index is -1.22. The molecule has 7 N–H and O–H groups in total. The van der Waals surface area contributed by atoms with Gasteiger partial charge in [0.1, 0.15) is 11.4 Å². The molecular weight excluding hydrogens is 521 g/mol. The van der Waals surface area contributed by atoms with E-state index in [-0.39, 0.29) is 36.6 Å². The van der Waals surface area contributed by atoms with Gasteiger partial charge in [-0.2, -0.15) is 0 Å². The maximum Gasteiger partial charge on any atom is 0.238 e. The van der Waals surface area contributed by atoms with Crippen LogP contribution in [0.3, 0.4) is 0 Å². The van der Waals surface area contributed by atoms with E-state index < -0.39 is 17.4 Å². The summed E-state index contributed by atoms with van der Waals surface area (Å²) in [5, 5.41) is 13.8. The van der Waals surface area contributed by atoms with Crippen molar-refractivity contribution in [2.24, 2.45) is 17.4 Å². The lowest BCUT2D eigenvalue weighted by Crippen LogP contribution is -2.63. The largest absolute Gasteiger partial charge is 0.384 e. The van der Waals surface area contributed by atoms with E-state index in [0.29, 0.717) is 37.9 Å². The fourth-order valence-electron chi connectivity index (χ4n) is 4.31. The first-order valence-electron chi connectivity index (χ1n) is 12.2. The van der Waals surface area contributed by atoms with Gasteiger partial charge in [0.25, 0.3) is 0 Å². The van der Waals surface area contributed by atoms with E-state index in [2.05, 4.69) is 10.6 Å². The van der Waals surface area contributed by atoms with Crippen LogP contribution in [0.5, 0.6) is 0 Å². The van der Waals surface area contributed by atoms with Gasteiger partial charge in [-0.05, 0) is 36.0 Å². The Balaban J connectivity index is 0.00000361. The van der Waals surface area contributed by atoms with Crippen molar-refractivity contribution in [2.45, 2.75) is 38.3 Å². The molecule has 0 bridgehead atoms. The Kier molecular flexibility index (Phi) is 13.5. The Labute approximate surface area is 237 Å². The van der Waals surface area contributed by atoms with Crippen LogP contribution in [0, 0.1) is 11.3 Å². The van der Waals surface area contributed by atoms with Crippen LogP contribution in [-0.4, -0.2) is 29.7 Å². The second kappa shape index (κ2) is 15.8. The summed E-state index contributed by atoms with van der Waals surface area (Å²) in [5.41, 5.74) is 14.0. The molecule has 0 heterocycles. The van der Waals surface area contributed by atoms with Gasteiger partial charge in [-0.15, -0.1) is 24.8 Å². The maximum absolute atomic E-state index is 13.3. The molecular formula is C29H37Cl2N5O2. The zero-order valence-corrected chi connectivity index (χ0v) is 23.1. The number of hydrogen-bond donors (Lipinski definition) is 5. The van der Waals surface area contributed by atoms with Gasteiger partial charge in [0.15, 0.2) is 0 Å². The highest BCUT2D eigenvalue weighted by Crippen LogP contribution is 2.25. The number of hydrogen-bond acceptors (Lipinski definition) is 4. The molecule has 0 fully saturated rings. The first-order valence-corrected chi connectivity index (χ1v) is 12.2. The summed E-state index contributed by atoms with van der Waals surface area (Å²) in [6.45, 7) is 2.55. The number of benzene rings is 3. The third-order valence-corrected chi connectivity index (χ3v) is 6.65. The molecule has 0 aliphatic rings. The third kappa shape index (κ3) is 8.87. The molecule has 204 valence electrons. The second-order valence-corrected chi connectivity index (χ2v) is 9.03. The van der Waals surface area contributed by atoms with Crippen LogP contribution in [0.4, 0.5) is 0 Å². The minimum Gasteiger partial charge on any atom is -0.384 e. The smallest absolute Gasteiger partial charge is 0.238 e. The lowest BCUT2D eigenvalue weighted by molar-refractivity contribution is -0.136. The van der Waals surface area contributed by atoms with Gasteiger partial charge in [0.05, 0.1) is 5.92 Å². The topological polar surface area (TPSA) is 134 Å². The van der Waals surface area contributed by atoms with Crippen LogP contribution >= 0.6 is 24.8 Å². The third-order valence-electron chi connectivity index (χ3n) is 6.65. The van der Waals surface area contributed by atoms with Crippen LogP contribution in [0.15, 0.2) is 84.9 Å². The monoisotopic (exact) mass is 557 g/mol. The average Bonchev–Trinajstić information content (AvgIpc) is 2.90. The number of carbonyl (C=O) groups excluding carboxylic acids is 2. The molecule has 0 aliphatic carbocycles. The maximum atomic E-state index is 13.3. The molecule has 0 spiro atoms. The van der Waals surface area contributed by atoms with E-state index in [0.717, 1.165) is 16.7 Å². The molecule has 0 saturated heterocycles. The first-order chi connectivity index (χ1) is 17.3. The number of rotatable bonds is 13. The highest BCUT2D eigenvalue weighted by atomic mass is 35.5. The van der Waals surface area contributed by atoms with E-state index in [1.165, 1.54) is 0 Å². The van der Waals surface area contributed by atoms with Crippen LogP contribution in [0.1, 0.15) is 35.6 Å². The molecule has 9 heteroatoms. The van der Waals surface area contributed by atoms with Crippen molar-refractivity contribution in [3.8, 4) is 0 Å². The molecule has 3 aromatic rings. The van der Waals surface area contributed by atoms with Gasteiger partial charge in [0, 0.05) is 18.7 Å². The van der Waals surface area contributed by atoms with Gasteiger partial charge in [-0.1, -0.05) is 91.9 Å². The lowest BCUT2D eigenvalue weighted by Gasteiger charge is -2.37. The molecule has 0 aromatic heterocycles. The first kappa shape index (κ1) is 32.6. The van der Waals surface area contributed by atoms with E-state index in [1.54, 1.807) is 19.1 Å². The number of amidine groups is 1. The predicted molar refractivity (Wildman–Crippen MR) is 158 cm³/mol. The second-order valence-electron chi connectivity index (χ2n) is 9.03. The molecule has 0 aliphatic heterocycles. The average molecular weight is 559 g/mol. The van der Waals surface area contributed by atoms with Crippen molar-refractivity contribution in [1.29, 1.82) is 5.41 Å². The molecule has 38 heavy (non-hydrogen) atoms. The molecule has 0 radical (unpaired) electrons. The molecule has 1 unspecified atom stereocenters. The number of halogens is 2. The number of carbonyl (C=O) groups is 2. The van der Waals surface area contributed by atoms with Crippen LogP contribution < -0.4 is 22.1 Å². The SMILES string of the molecule is C[C@H](C(=O)NCc1ccc(C(=N)N)cc1)C(CCc1ccccc1)(NCCc1ccccc1)C(N)=O.Cl.Cl. The van der Waals surface area contributed by atoms with Crippen molar-refractivity contribution in [3.05, 3.63) is 107 Å². The standard InChI is InChI=1S/C29H35N5O2.2ClH/c1-21(27(35)33-20-24-12-14-25(15-13-24)26(30)31)29(28(32)36,18-16-22-8-4-2-5-9-22)34-19-17-23-10-6-3-7-11-23;;/h2-15,21,34H,16-20H2,1H3,(H3,30,31)(H2,32,36)(H,33,35);2*1H/t21-,29?;;/m1../s1. The Morgan fingerprint density at radius 1 is 0.816 bits per heavy atom. The van der Waals surface area contributed by atoms with Crippen molar-refractivity contribution < 1.29 is 9.59 Å². The lowest BCUT2D eigenvalue weighted by atomic mass is 9.78. The fraction of sp³-hybridized carbons (Fsp3) is 0.276.